The first-order valence-corrected chi connectivity index (χ1v) is 7.48. The maximum Gasteiger partial charge on any atom is 0.148 e. The van der Waals surface area contributed by atoms with Crippen LogP contribution in [0.15, 0.2) is 15.9 Å². The average Bonchev–Trinajstić information content (AvgIpc) is 2.83. The van der Waals surface area contributed by atoms with Gasteiger partial charge in [-0.05, 0) is 48.1 Å². The number of hydrogen-bond acceptors (Lipinski definition) is 4. The Morgan fingerprint density at radius 2 is 2.28 bits per heavy atom. The summed E-state index contributed by atoms with van der Waals surface area (Å²) in [6.07, 6.45) is 0. The molecule has 2 aromatic heterocycles. The SMILES string of the molecule is Cc1nn(C(C)C)c(NCc2sccc2Br)c1N. The molecule has 2 rings (SSSR count). The standard InChI is InChI=1S/C12H17BrN4S/c1-7(2)17-12(11(14)8(3)16-17)15-6-10-9(13)4-5-18-10/h4-5,7,15H,6,14H2,1-3H3. The topological polar surface area (TPSA) is 55.9 Å². The highest BCUT2D eigenvalue weighted by atomic mass is 79.9. The van der Waals surface area contributed by atoms with Crippen LogP contribution in [0.2, 0.25) is 0 Å². The summed E-state index contributed by atoms with van der Waals surface area (Å²) in [6.45, 7) is 6.87. The molecule has 0 atom stereocenters. The molecular weight excluding hydrogens is 312 g/mol. The summed E-state index contributed by atoms with van der Waals surface area (Å²) >= 11 is 5.24. The van der Waals surface area contributed by atoms with E-state index in [-0.39, 0.29) is 6.04 Å². The smallest absolute Gasteiger partial charge is 0.148 e. The fourth-order valence-electron chi connectivity index (χ4n) is 1.73. The van der Waals surface area contributed by atoms with Gasteiger partial charge in [0.05, 0.1) is 17.9 Å². The monoisotopic (exact) mass is 328 g/mol. The second-order valence-electron chi connectivity index (χ2n) is 4.43. The van der Waals surface area contributed by atoms with Crippen LogP contribution in [0, 0.1) is 6.92 Å². The van der Waals surface area contributed by atoms with E-state index in [4.69, 9.17) is 5.73 Å². The van der Waals surface area contributed by atoms with Gasteiger partial charge in [0.2, 0.25) is 0 Å². The van der Waals surface area contributed by atoms with Crippen LogP contribution >= 0.6 is 27.3 Å². The zero-order chi connectivity index (χ0) is 13.3. The molecule has 3 N–H and O–H groups in total. The second kappa shape index (κ2) is 5.32. The fourth-order valence-corrected chi connectivity index (χ4v) is 3.16. The molecular formula is C12H17BrN4S. The number of nitrogens with two attached hydrogens (primary N) is 1. The van der Waals surface area contributed by atoms with Crippen molar-refractivity contribution in [1.82, 2.24) is 9.78 Å². The second-order valence-corrected chi connectivity index (χ2v) is 6.29. The fraction of sp³-hybridized carbons (Fsp3) is 0.417. The number of halogens is 1. The highest BCUT2D eigenvalue weighted by Crippen LogP contribution is 2.28. The third-order valence-corrected chi connectivity index (χ3v) is 4.65. The molecule has 18 heavy (non-hydrogen) atoms. The van der Waals surface area contributed by atoms with Crippen molar-refractivity contribution < 1.29 is 0 Å². The molecule has 2 heterocycles. The van der Waals surface area contributed by atoms with Crippen LogP contribution in [0.4, 0.5) is 11.5 Å². The van der Waals surface area contributed by atoms with Crippen molar-refractivity contribution in [3.8, 4) is 0 Å². The van der Waals surface area contributed by atoms with Gasteiger partial charge in [-0.25, -0.2) is 4.68 Å². The minimum atomic E-state index is 0.287. The van der Waals surface area contributed by atoms with Crippen molar-refractivity contribution >= 4 is 38.8 Å². The van der Waals surface area contributed by atoms with Gasteiger partial charge in [-0.1, -0.05) is 0 Å². The van der Waals surface area contributed by atoms with E-state index in [1.807, 2.05) is 11.6 Å². The van der Waals surface area contributed by atoms with Crippen molar-refractivity contribution in [2.75, 3.05) is 11.1 Å². The van der Waals surface area contributed by atoms with Crippen molar-refractivity contribution in [2.45, 2.75) is 33.4 Å². The minimum absolute atomic E-state index is 0.287. The van der Waals surface area contributed by atoms with Gasteiger partial charge in [-0.2, -0.15) is 5.10 Å². The highest BCUT2D eigenvalue weighted by Gasteiger charge is 2.14. The number of nitrogens with one attached hydrogen (secondary N) is 1. The normalized spacial score (nSPS) is 11.2. The third kappa shape index (κ3) is 2.54. The van der Waals surface area contributed by atoms with Crippen molar-refractivity contribution in [3.05, 3.63) is 26.5 Å². The van der Waals surface area contributed by atoms with Crippen LogP contribution in [0.5, 0.6) is 0 Å². The predicted octanol–water partition coefficient (Wildman–Crippen LogP) is 3.79. The number of nitrogens with zero attached hydrogens (tertiary/aromatic N) is 2. The summed E-state index contributed by atoms with van der Waals surface area (Å²) in [4.78, 5) is 1.25. The van der Waals surface area contributed by atoms with E-state index < -0.39 is 0 Å². The molecule has 98 valence electrons. The Hall–Kier alpha value is -1.01. The molecule has 4 nitrogen and oxygen atoms in total. The lowest BCUT2D eigenvalue weighted by molar-refractivity contribution is 0.534. The van der Waals surface area contributed by atoms with Crippen LogP contribution in [0.1, 0.15) is 30.5 Å². The van der Waals surface area contributed by atoms with E-state index in [0.29, 0.717) is 0 Å². The molecule has 0 aromatic carbocycles. The van der Waals surface area contributed by atoms with E-state index in [2.05, 4.69) is 51.6 Å². The number of aromatic nitrogens is 2. The molecule has 0 radical (unpaired) electrons. The van der Waals surface area contributed by atoms with Gasteiger partial charge < -0.3 is 11.1 Å². The van der Waals surface area contributed by atoms with Gasteiger partial charge in [-0.15, -0.1) is 11.3 Å². The van der Waals surface area contributed by atoms with E-state index in [1.54, 1.807) is 11.3 Å². The predicted molar refractivity (Wildman–Crippen MR) is 81.1 cm³/mol. The summed E-state index contributed by atoms with van der Waals surface area (Å²) < 4.78 is 3.07. The molecule has 2 aromatic rings. The molecule has 6 heteroatoms. The molecule has 0 aliphatic rings. The quantitative estimate of drug-likeness (QED) is 0.897. The van der Waals surface area contributed by atoms with Gasteiger partial charge in [0.1, 0.15) is 5.82 Å². The minimum Gasteiger partial charge on any atom is -0.394 e. The first-order valence-electron chi connectivity index (χ1n) is 5.81. The zero-order valence-corrected chi connectivity index (χ0v) is 13.1. The average molecular weight is 329 g/mol. The van der Waals surface area contributed by atoms with Crippen molar-refractivity contribution in [2.24, 2.45) is 0 Å². The summed E-state index contributed by atoms with van der Waals surface area (Å²) in [5, 5.41) is 9.90. The van der Waals surface area contributed by atoms with Gasteiger partial charge in [0.25, 0.3) is 0 Å². The van der Waals surface area contributed by atoms with E-state index in [0.717, 1.165) is 28.2 Å². The van der Waals surface area contributed by atoms with Crippen LogP contribution in [-0.4, -0.2) is 9.78 Å². The van der Waals surface area contributed by atoms with Crippen molar-refractivity contribution in [1.29, 1.82) is 0 Å². The van der Waals surface area contributed by atoms with Gasteiger partial charge >= 0.3 is 0 Å². The lowest BCUT2D eigenvalue weighted by atomic mass is 10.3. The number of hydrogen-bond donors (Lipinski definition) is 2. The Morgan fingerprint density at radius 3 is 2.83 bits per heavy atom. The molecule has 0 saturated heterocycles. The lowest BCUT2D eigenvalue weighted by Gasteiger charge is -2.13. The van der Waals surface area contributed by atoms with Crippen LogP contribution < -0.4 is 11.1 Å². The van der Waals surface area contributed by atoms with Gasteiger partial charge in [0, 0.05) is 15.4 Å². The Morgan fingerprint density at radius 1 is 1.56 bits per heavy atom. The molecule has 0 amide bonds. The molecule has 0 saturated carbocycles. The summed E-state index contributed by atoms with van der Waals surface area (Å²) in [7, 11) is 0. The molecule has 0 unspecified atom stereocenters. The number of aryl methyl sites for hydroxylation is 1. The molecule has 0 spiro atoms. The maximum absolute atomic E-state index is 6.06. The van der Waals surface area contributed by atoms with E-state index in [9.17, 15) is 0 Å². The Balaban J connectivity index is 2.21. The number of thiophene rings is 1. The first kappa shape index (κ1) is 13.4. The van der Waals surface area contributed by atoms with Gasteiger partial charge in [0.15, 0.2) is 0 Å². The summed E-state index contributed by atoms with van der Waals surface area (Å²) in [5.41, 5.74) is 7.67. The molecule has 0 aliphatic heterocycles. The summed E-state index contributed by atoms with van der Waals surface area (Å²) in [5.74, 6) is 0.905. The van der Waals surface area contributed by atoms with E-state index in [1.165, 1.54) is 4.88 Å². The van der Waals surface area contributed by atoms with Crippen molar-refractivity contribution in [3.63, 3.8) is 0 Å². The Labute approximate surface area is 119 Å². The number of rotatable bonds is 4. The van der Waals surface area contributed by atoms with E-state index >= 15 is 0 Å². The largest absolute Gasteiger partial charge is 0.394 e. The highest BCUT2D eigenvalue weighted by molar-refractivity contribution is 9.10. The zero-order valence-electron chi connectivity index (χ0n) is 10.7. The Bertz CT molecular complexity index is 544. The molecule has 0 fully saturated rings. The third-order valence-electron chi connectivity index (χ3n) is 2.73. The van der Waals surface area contributed by atoms with Crippen LogP contribution in [0.25, 0.3) is 0 Å². The molecule has 0 bridgehead atoms. The maximum atomic E-state index is 6.06. The number of anilines is 2. The van der Waals surface area contributed by atoms with Crippen LogP contribution in [-0.2, 0) is 6.54 Å². The number of nitrogen functional groups attached to an aromatic ring is 1. The van der Waals surface area contributed by atoms with Crippen LogP contribution in [0.3, 0.4) is 0 Å². The lowest BCUT2D eigenvalue weighted by Crippen LogP contribution is -2.10. The molecule has 0 aliphatic carbocycles. The Kier molecular flexibility index (Phi) is 3.97. The van der Waals surface area contributed by atoms with Gasteiger partial charge in [-0.3, -0.25) is 0 Å². The summed E-state index contributed by atoms with van der Waals surface area (Å²) in [6, 6.07) is 2.34. The first-order chi connectivity index (χ1) is 8.50.